The fraction of sp³-hybridized carbons (Fsp3) is 0. The van der Waals surface area contributed by atoms with E-state index in [1.54, 1.807) is 0 Å². The molecule has 11 heavy (non-hydrogen) atoms. The summed E-state index contributed by atoms with van der Waals surface area (Å²) in [5.41, 5.74) is 0. The van der Waals surface area contributed by atoms with Crippen LogP contribution in [-0.2, 0) is 0 Å². The van der Waals surface area contributed by atoms with Crippen LogP contribution in [-0.4, -0.2) is 29.6 Å². The summed E-state index contributed by atoms with van der Waals surface area (Å²) >= 11 is 0. The van der Waals surface area contributed by atoms with E-state index in [0.717, 1.165) is 0 Å². The van der Waals surface area contributed by atoms with Gasteiger partial charge in [0.25, 0.3) is 0 Å². The van der Waals surface area contributed by atoms with Crippen molar-refractivity contribution in [3.63, 3.8) is 0 Å². The molecule has 0 atom stereocenters. The molecular formula is C10H8Na. The van der Waals surface area contributed by atoms with Gasteiger partial charge in [0.1, 0.15) is 0 Å². The summed E-state index contributed by atoms with van der Waals surface area (Å²) in [6, 6.07) is 16.7. The first-order chi connectivity index (χ1) is 4.97. The van der Waals surface area contributed by atoms with Crippen molar-refractivity contribution in [3.05, 3.63) is 48.5 Å². The number of hydrogen-bond acceptors (Lipinski definition) is 0. The molecule has 49 valence electrons. The molecule has 0 aromatic heterocycles. The van der Waals surface area contributed by atoms with Gasteiger partial charge in [-0.2, -0.15) is 0 Å². The van der Waals surface area contributed by atoms with Crippen LogP contribution in [0.2, 0.25) is 0 Å². The third-order valence-corrected chi connectivity index (χ3v) is 1.66. The molecule has 0 bridgehead atoms. The SMILES string of the molecule is [Na].c1ccc2ccccc2c1. The van der Waals surface area contributed by atoms with Crippen molar-refractivity contribution >= 4 is 40.3 Å². The largest absolute Gasteiger partial charge is 0.0616 e. The maximum atomic E-state index is 2.12. The molecule has 0 spiro atoms. The molecule has 0 amide bonds. The van der Waals surface area contributed by atoms with Gasteiger partial charge in [-0.25, -0.2) is 0 Å². The van der Waals surface area contributed by atoms with Crippen LogP contribution in [0.1, 0.15) is 0 Å². The molecule has 0 aliphatic heterocycles. The van der Waals surface area contributed by atoms with Crippen molar-refractivity contribution in [3.8, 4) is 0 Å². The Morgan fingerprint density at radius 1 is 0.545 bits per heavy atom. The Kier molecular flexibility index (Phi) is 3.13. The van der Waals surface area contributed by atoms with Crippen LogP contribution in [0.5, 0.6) is 0 Å². The molecule has 0 aliphatic carbocycles. The topological polar surface area (TPSA) is 0 Å². The Hall–Kier alpha value is -0.300. The smallest absolute Gasteiger partial charge is 0 e. The van der Waals surface area contributed by atoms with E-state index in [1.807, 2.05) is 0 Å². The summed E-state index contributed by atoms with van der Waals surface area (Å²) < 4.78 is 0. The van der Waals surface area contributed by atoms with Crippen molar-refractivity contribution in [2.45, 2.75) is 0 Å². The molecule has 0 nitrogen and oxygen atoms in total. The van der Waals surface area contributed by atoms with Gasteiger partial charge in [0.05, 0.1) is 0 Å². The maximum absolute atomic E-state index is 2.12. The van der Waals surface area contributed by atoms with Crippen LogP contribution in [0.3, 0.4) is 0 Å². The number of hydrogen-bond donors (Lipinski definition) is 0. The molecule has 0 unspecified atom stereocenters. The summed E-state index contributed by atoms with van der Waals surface area (Å²) in [4.78, 5) is 0. The van der Waals surface area contributed by atoms with E-state index in [2.05, 4.69) is 48.5 Å². The van der Waals surface area contributed by atoms with Gasteiger partial charge in [0, 0.05) is 29.6 Å². The molecule has 0 aliphatic rings. The molecule has 0 saturated carbocycles. The molecule has 0 heterocycles. The van der Waals surface area contributed by atoms with Crippen LogP contribution in [0, 0.1) is 0 Å². The number of rotatable bonds is 0. The average molecular weight is 151 g/mol. The Balaban J connectivity index is 0.000000605. The van der Waals surface area contributed by atoms with Gasteiger partial charge in [-0.05, 0) is 10.8 Å². The summed E-state index contributed by atoms with van der Waals surface area (Å²) in [6.45, 7) is 0. The fourth-order valence-electron chi connectivity index (χ4n) is 1.13. The zero-order valence-electron chi connectivity index (χ0n) is 6.62. The summed E-state index contributed by atoms with van der Waals surface area (Å²) in [5.74, 6) is 0. The Morgan fingerprint density at radius 2 is 0.818 bits per heavy atom. The van der Waals surface area contributed by atoms with E-state index in [-0.39, 0.29) is 29.6 Å². The monoisotopic (exact) mass is 151 g/mol. The minimum Gasteiger partial charge on any atom is -0.0616 e. The minimum absolute atomic E-state index is 0. The van der Waals surface area contributed by atoms with Crippen LogP contribution < -0.4 is 0 Å². The third-order valence-electron chi connectivity index (χ3n) is 1.66. The molecular weight excluding hydrogens is 143 g/mol. The summed E-state index contributed by atoms with van der Waals surface area (Å²) in [6.07, 6.45) is 0. The first-order valence-corrected chi connectivity index (χ1v) is 3.40. The first kappa shape index (κ1) is 8.79. The van der Waals surface area contributed by atoms with Gasteiger partial charge in [-0.15, -0.1) is 0 Å². The molecule has 0 N–H and O–H groups in total. The van der Waals surface area contributed by atoms with E-state index < -0.39 is 0 Å². The summed E-state index contributed by atoms with van der Waals surface area (Å²) in [5, 5.41) is 2.62. The third kappa shape index (κ3) is 1.84. The Bertz CT molecular complexity index is 276. The second-order valence-corrected chi connectivity index (χ2v) is 2.35. The van der Waals surface area contributed by atoms with Gasteiger partial charge < -0.3 is 0 Å². The quantitative estimate of drug-likeness (QED) is 0.507. The molecule has 2 rings (SSSR count). The molecule has 0 saturated heterocycles. The average Bonchev–Trinajstić information content (AvgIpc) is 2.05. The van der Waals surface area contributed by atoms with E-state index >= 15 is 0 Å². The van der Waals surface area contributed by atoms with Crippen molar-refractivity contribution in [2.24, 2.45) is 0 Å². The van der Waals surface area contributed by atoms with E-state index in [1.165, 1.54) is 10.8 Å². The van der Waals surface area contributed by atoms with Crippen molar-refractivity contribution in [1.29, 1.82) is 0 Å². The predicted molar refractivity (Wildman–Crippen MR) is 49.7 cm³/mol. The minimum atomic E-state index is 0. The van der Waals surface area contributed by atoms with Gasteiger partial charge in [0.2, 0.25) is 0 Å². The van der Waals surface area contributed by atoms with Crippen LogP contribution in [0.25, 0.3) is 10.8 Å². The first-order valence-electron chi connectivity index (χ1n) is 3.40. The second-order valence-electron chi connectivity index (χ2n) is 2.35. The van der Waals surface area contributed by atoms with Crippen LogP contribution in [0.4, 0.5) is 0 Å². The number of fused-ring (bicyclic) bond motifs is 1. The van der Waals surface area contributed by atoms with Gasteiger partial charge in [0.15, 0.2) is 0 Å². The van der Waals surface area contributed by atoms with Gasteiger partial charge in [-0.1, -0.05) is 48.5 Å². The van der Waals surface area contributed by atoms with E-state index in [0.29, 0.717) is 0 Å². The zero-order valence-corrected chi connectivity index (χ0v) is 8.62. The normalized spacial score (nSPS) is 9.09. The van der Waals surface area contributed by atoms with Crippen LogP contribution >= 0.6 is 0 Å². The molecule has 1 heteroatoms. The molecule has 1 radical (unpaired) electrons. The predicted octanol–water partition coefficient (Wildman–Crippen LogP) is 2.46. The zero-order chi connectivity index (χ0) is 6.81. The summed E-state index contributed by atoms with van der Waals surface area (Å²) in [7, 11) is 0. The van der Waals surface area contributed by atoms with Gasteiger partial charge >= 0.3 is 0 Å². The Labute approximate surface area is 88.5 Å². The standard InChI is InChI=1S/C10H8.Na/c1-2-6-10-8-4-3-7-9(10)5-1;/h1-8H;. The number of benzene rings is 2. The maximum Gasteiger partial charge on any atom is 0 e. The fourth-order valence-corrected chi connectivity index (χ4v) is 1.13. The van der Waals surface area contributed by atoms with Crippen molar-refractivity contribution < 1.29 is 0 Å². The van der Waals surface area contributed by atoms with E-state index in [4.69, 9.17) is 0 Å². The van der Waals surface area contributed by atoms with Crippen LogP contribution in [0.15, 0.2) is 48.5 Å². The van der Waals surface area contributed by atoms with Crippen molar-refractivity contribution in [1.82, 2.24) is 0 Å². The molecule has 2 aromatic rings. The molecule has 0 fully saturated rings. The Morgan fingerprint density at radius 3 is 1.09 bits per heavy atom. The van der Waals surface area contributed by atoms with E-state index in [9.17, 15) is 0 Å². The van der Waals surface area contributed by atoms with Crippen molar-refractivity contribution in [2.75, 3.05) is 0 Å². The molecule has 2 aromatic carbocycles. The second kappa shape index (κ2) is 3.91. The van der Waals surface area contributed by atoms with Gasteiger partial charge in [-0.3, -0.25) is 0 Å².